The lowest BCUT2D eigenvalue weighted by atomic mass is 10.2. The van der Waals surface area contributed by atoms with Gasteiger partial charge in [0.15, 0.2) is 0 Å². The molecule has 1 saturated heterocycles. The lowest BCUT2D eigenvalue weighted by Gasteiger charge is -2.22. The van der Waals surface area contributed by atoms with Crippen LogP contribution in [0.5, 0.6) is 11.5 Å². The Bertz CT molecular complexity index is 943. The molecule has 2 aromatic heterocycles. The van der Waals surface area contributed by atoms with E-state index in [4.69, 9.17) is 26.1 Å². The van der Waals surface area contributed by atoms with Crippen molar-refractivity contribution in [2.24, 2.45) is 0 Å². The Morgan fingerprint density at radius 2 is 2.04 bits per heavy atom. The normalized spacial score (nSPS) is 17.3. The van der Waals surface area contributed by atoms with Crippen molar-refractivity contribution < 1.29 is 13.9 Å². The molecule has 0 saturated carbocycles. The number of aromatic nitrogens is 2. The second-order valence-electron chi connectivity index (χ2n) is 6.40. The van der Waals surface area contributed by atoms with E-state index in [-0.39, 0.29) is 0 Å². The highest BCUT2D eigenvalue weighted by Gasteiger charge is 2.27. The van der Waals surface area contributed by atoms with E-state index in [1.165, 1.54) is 11.3 Å². The Hall–Kier alpha value is -2.16. The van der Waals surface area contributed by atoms with Crippen molar-refractivity contribution in [2.75, 3.05) is 20.8 Å². The molecule has 0 bridgehead atoms. The number of hydrogen-bond acceptors (Lipinski definition) is 7. The third-order valence-electron chi connectivity index (χ3n) is 4.76. The fraction of sp³-hybridized carbons (Fsp3) is 0.368. The molecule has 0 radical (unpaired) electrons. The zero-order valence-corrected chi connectivity index (χ0v) is 16.9. The van der Waals surface area contributed by atoms with Crippen LogP contribution in [0.15, 0.2) is 40.1 Å². The van der Waals surface area contributed by atoms with Crippen molar-refractivity contribution in [3.8, 4) is 23.0 Å². The Balaban J connectivity index is 1.60. The first kappa shape index (κ1) is 18.2. The number of ether oxygens (including phenoxy) is 2. The molecule has 27 heavy (non-hydrogen) atoms. The van der Waals surface area contributed by atoms with Crippen LogP contribution in [0.4, 0.5) is 0 Å². The molecule has 142 valence electrons. The molecule has 1 atom stereocenters. The van der Waals surface area contributed by atoms with E-state index in [9.17, 15) is 0 Å². The number of benzene rings is 1. The average Bonchev–Trinajstić information content (AvgIpc) is 3.43. The third kappa shape index (κ3) is 3.78. The van der Waals surface area contributed by atoms with Crippen molar-refractivity contribution in [1.82, 2.24) is 14.7 Å². The van der Waals surface area contributed by atoms with E-state index < -0.39 is 0 Å². The van der Waals surface area contributed by atoms with Crippen molar-refractivity contribution in [1.29, 1.82) is 0 Å². The fourth-order valence-electron chi connectivity index (χ4n) is 3.41. The van der Waals surface area contributed by atoms with E-state index in [1.807, 2.05) is 18.2 Å². The van der Waals surface area contributed by atoms with E-state index in [0.29, 0.717) is 34.9 Å². The molecule has 1 aliphatic rings. The van der Waals surface area contributed by atoms with Gasteiger partial charge in [-0.3, -0.25) is 4.90 Å². The molecule has 4 rings (SSSR count). The molecule has 8 heteroatoms. The zero-order chi connectivity index (χ0) is 18.8. The first-order chi connectivity index (χ1) is 13.2. The fourth-order valence-corrected chi connectivity index (χ4v) is 4.49. The molecule has 0 spiro atoms. The quantitative estimate of drug-likeness (QED) is 0.554. The summed E-state index contributed by atoms with van der Waals surface area (Å²) in [5.41, 5.74) is 0.771. The summed E-state index contributed by atoms with van der Waals surface area (Å²) in [6.07, 6.45) is 2.33. The van der Waals surface area contributed by atoms with Crippen molar-refractivity contribution in [2.45, 2.75) is 25.6 Å². The highest BCUT2D eigenvalue weighted by Crippen LogP contribution is 2.35. The lowest BCUT2D eigenvalue weighted by Crippen LogP contribution is -2.26. The summed E-state index contributed by atoms with van der Waals surface area (Å²) >= 11 is 7.22. The summed E-state index contributed by atoms with van der Waals surface area (Å²) in [5, 5.41) is 6.73. The molecule has 0 unspecified atom stereocenters. The molecule has 3 heterocycles. The predicted molar refractivity (Wildman–Crippen MR) is 107 cm³/mol. The Labute approximate surface area is 166 Å². The van der Waals surface area contributed by atoms with Crippen LogP contribution in [0.2, 0.25) is 0 Å². The molecule has 1 aromatic carbocycles. The predicted octanol–water partition coefficient (Wildman–Crippen LogP) is 4.75. The summed E-state index contributed by atoms with van der Waals surface area (Å²) in [6.45, 7) is 1.64. The largest absolute Gasteiger partial charge is 0.497 e. The Morgan fingerprint density at radius 1 is 1.26 bits per heavy atom. The molecule has 0 amide bonds. The minimum Gasteiger partial charge on any atom is -0.497 e. The number of thiophene rings is 1. The molecule has 6 nitrogen and oxygen atoms in total. The highest BCUT2D eigenvalue weighted by molar-refractivity contribution is 7.71. The Kier molecular flexibility index (Phi) is 5.29. The zero-order valence-electron chi connectivity index (χ0n) is 15.3. The second kappa shape index (κ2) is 7.84. The topological polar surface area (TPSA) is 52.7 Å². The van der Waals surface area contributed by atoms with Crippen LogP contribution in [0.3, 0.4) is 0 Å². The molecular formula is C19H21N3O3S2. The van der Waals surface area contributed by atoms with Gasteiger partial charge in [0, 0.05) is 29.1 Å². The number of rotatable bonds is 6. The molecule has 1 aliphatic heterocycles. The van der Waals surface area contributed by atoms with E-state index in [1.54, 1.807) is 30.2 Å². The van der Waals surface area contributed by atoms with E-state index >= 15 is 0 Å². The number of methoxy groups -OCH3 is 2. The van der Waals surface area contributed by atoms with Crippen LogP contribution in [0.25, 0.3) is 11.5 Å². The molecule has 0 aliphatic carbocycles. The maximum Gasteiger partial charge on any atom is 0.288 e. The van der Waals surface area contributed by atoms with Crippen LogP contribution in [-0.4, -0.2) is 35.4 Å². The van der Waals surface area contributed by atoms with Gasteiger partial charge in [-0.1, -0.05) is 6.07 Å². The average molecular weight is 404 g/mol. The first-order valence-corrected chi connectivity index (χ1v) is 10.1. The third-order valence-corrected chi connectivity index (χ3v) is 6.02. The van der Waals surface area contributed by atoms with Crippen molar-refractivity contribution >= 4 is 23.6 Å². The lowest BCUT2D eigenvalue weighted by molar-refractivity contribution is 0.190. The maximum atomic E-state index is 5.77. The summed E-state index contributed by atoms with van der Waals surface area (Å²) in [5.74, 6) is 1.82. The molecule has 0 N–H and O–H groups in total. The summed E-state index contributed by atoms with van der Waals surface area (Å²) in [7, 11) is 3.23. The van der Waals surface area contributed by atoms with Gasteiger partial charge in [-0.25, -0.2) is 4.68 Å². The van der Waals surface area contributed by atoms with Gasteiger partial charge in [0.1, 0.15) is 11.5 Å². The first-order valence-electron chi connectivity index (χ1n) is 8.77. The van der Waals surface area contributed by atoms with Crippen LogP contribution < -0.4 is 9.47 Å². The monoisotopic (exact) mass is 403 g/mol. The molecular weight excluding hydrogens is 382 g/mol. The van der Waals surface area contributed by atoms with Gasteiger partial charge in [0.2, 0.25) is 5.89 Å². The van der Waals surface area contributed by atoms with Crippen LogP contribution in [0, 0.1) is 4.84 Å². The van der Waals surface area contributed by atoms with Crippen LogP contribution >= 0.6 is 23.6 Å². The van der Waals surface area contributed by atoms with Gasteiger partial charge in [-0.05, 0) is 48.6 Å². The minimum absolute atomic E-state index is 0.364. The number of hydrogen-bond donors (Lipinski definition) is 0. The summed E-state index contributed by atoms with van der Waals surface area (Å²) < 4.78 is 18.2. The van der Waals surface area contributed by atoms with Crippen molar-refractivity contribution in [3.63, 3.8) is 0 Å². The highest BCUT2D eigenvalue weighted by atomic mass is 32.1. The molecule has 3 aromatic rings. The summed E-state index contributed by atoms with van der Waals surface area (Å²) in [6, 6.07) is 10.3. The SMILES string of the molecule is COc1cc(OC)cc(-c2nn(CN3CCC[C@@H]3c3cccs3)c(=S)o2)c1. The maximum absolute atomic E-state index is 5.77. The smallest absolute Gasteiger partial charge is 0.288 e. The van der Waals surface area contributed by atoms with Gasteiger partial charge < -0.3 is 13.9 Å². The van der Waals surface area contributed by atoms with Crippen LogP contribution in [0.1, 0.15) is 23.8 Å². The number of nitrogens with zero attached hydrogens (tertiary/aromatic N) is 3. The van der Waals surface area contributed by atoms with Gasteiger partial charge in [0.25, 0.3) is 4.84 Å². The van der Waals surface area contributed by atoms with E-state index in [2.05, 4.69) is 27.5 Å². The van der Waals surface area contributed by atoms with E-state index in [0.717, 1.165) is 18.5 Å². The van der Waals surface area contributed by atoms with Gasteiger partial charge in [-0.15, -0.1) is 16.4 Å². The van der Waals surface area contributed by atoms with Crippen LogP contribution in [-0.2, 0) is 6.67 Å². The standard InChI is InChI=1S/C19H21N3O3S2/c1-23-14-9-13(10-15(11-14)24-2)18-20-22(19(26)25-18)12-21-7-3-5-16(21)17-6-4-8-27-17/h4,6,8-11,16H,3,5,7,12H2,1-2H3/t16-/m1/s1. The Morgan fingerprint density at radius 3 is 2.70 bits per heavy atom. The minimum atomic E-state index is 0.364. The van der Waals surface area contributed by atoms with Gasteiger partial charge in [0.05, 0.1) is 20.9 Å². The summed E-state index contributed by atoms with van der Waals surface area (Å²) in [4.78, 5) is 4.16. The van der Waals surface area contributed by atoms with Gasteiger partial charge >= 0.3 is 0 Å². The van der Waals surface area contributed by atoms with Gasteiger partial charge in [-0.2, -0.15) is 0 Å². The molecule has 1 fully saturated rings. The second-order valence-corrected chi connectivity index (χ2v) is 7.73. The van der Waals surface area contributed by atoms with Crippen molar-refractivity contribution in [3.05, 3.63) is 45.4 Å². The number of likely N-dealkylation sites (tertiary alicyclic amines) is 1.